The van der Waals surface area contributed by atoms with Gasteiger partial charge in [-0.2, -0.15) is 0 Å². The van der Waals surface area contributed by atoms with E-state index in [-0.39, 0.29) is 15.8 Å². The molecule has 7 aromatic rings. The summed E-state index contributed by atoms with van der Waals surface area (Å²) in [4.78, 5) is 10.0. The van der Waals surface area contributed by atoms with Crippen molar-refractivity contribution in [2.24, 2.45) is 9.98 Å². The van der Waals surface area contributed by atoms with Crippen molar-refractivity contribution in [3.8, 4) is 23.0 Å². The standard InChI is InChI=1S/C40H35Cl2N6O4S/c1-4-46-26-14-9-7-12-22(26)30-28(46)18-16-24-36(30)51-38-32(41)35-39(33(42)34(38)44-24)52-37-25(45-35)17-19-29-31(37)23-13-8-10-15-27(23)47(29)40-48(5-2,6-3)21-11-20-43-53(40,49)50/h7-10,12-19,40,43H,4-6,11,20-21H2,1-3H3/q+1. The molecule has 1 atom stereocenters. The van der Waals surface area contributed by atoms with Gasteiger partial charge in [0.1, 0.15) is 32.1 Å². The monoisotopic (exact) mass is 765 g/mol. The molecule has 0 radical (unpaired) electrons. The molecule has 10 nitrogen and oxygen atoms in total. The molecule has 53 heavy (non-hydrogen) atoms. The first-order valence-electron chi connectivity index (χ1n) is 18.0. The van der Waals surface area contributed by atoms with Crippen LogP contribution in [-0.2, 0) is 16.6 Å². The van der Waals surface area contributed by atoms with Crippen molar-refractivity contribution in [2.75, 3.05) is 26.2 Å². The third-order valence-corrected chi connectivity index (χ3v) is 13.9. The van der Waals surface area contributed by atoms with Gasteiger partial charge in [0.25, 0.3) is 15.5 Å². The smallest absolute Gasteiger partial charge is 0.286 e. The maximum Gasteiger partial charge on any atom is 0.286 e. The summed E-state index contributed by atoms with van der Waals surface area (Å²) in [5.74, 6) is 1.66. The Balaban J connectivity index is 1.20. The van der Waals surface area contributed by atoms with Gasteiger partial charge in [-0.15, -0.1) is 0 Å². The van der Waals surface area contributed by atoms with Crippen LogP contribution in [0.25, 0.3) is 43.6 Å². The number of halogens is 2. The summed E-state index contributed by atoms with van der Waals surface area (Å²) in [6.07, 6.45) is 0.749. The first-order valence-corrected chi connectivity index (χ1v) is 20.3. The summed E-state index contributed by atoms with van der Waals surface area (Å²) < 4.78 is 49.3. The van der Waals surface area contributed by atoms with E-state index in [1.54, 1.807) is 0 Å². The lowest BCUT2D eigenvalue weighted by molar-refractivity contribution is -0.948. The lowest BCUT2D eigenvalue weighted by Crippen LogP contribution is -2.55. The number of sulfonamides is 1. The van der Waals surface area contributed by atoms with E-state index in [4.69, 9.17) is 42.7 Å². The highest BCUT2D eigenvalue weighted by molar-refractivity contribution is 7.89. The topological polar surface area (TPSA) is 99.2 Å². The number of fused-ring (bicyclic) bond motifs is 12. The minimum atomic E-state index is -3.79. The third kappa shape index (κ3) is 4.42. The Morgan fingerprint density at radius 1 is 0.736 bits per heavy atom. The Bertz CT molecular complexity index is 2990. The van der Waals surface area contributed by atoms with E-state index in [1.165, 1.54) is 0 Å². The van der Waals surface area contributed by atoms with Crippen LogP contribution in [0.1, 0.15) is 32.7 Å². The number of quaternary nitrogens is 1. The minimum absolute atomic E-state index is 0.222. The Kier molecular flexibility index (Phi) is 7.26. The predicted octanol–water partition coefficient (Wildman–Crippen LogP) is 8.98. The van der Waals surface area contributed by atoms with Gasteiger partial charge in [-0.3, -0.25) is 9.05 Å². The fourth-order valence-corrected chi connectivity index (χ4v) is 11.5. The van der Waals surface area contributed by atoms with Crippen molar-refractivity contribution in [3.05, 3.63) is 93.6 Å². The molecule has 1 N–H and O–H groups in total. The minimum Gasteiger partial charge on any atom is -0.450 e. The average molecular weight is 767 g/mol. The zero-order valence-electron chi connectivity index (χ0n) is 29.3. The zero-order valence-corrected chi connectivity index (χ0v) is 31.6. The molecule has 0 amide bonds. The third-order valence-electron chi connectivity index (χ3n) is 11.4. The van der Waals surface area contributed by atoms with Crippen molar-refractivity contribution < 1.29 is 22.4 Å². The summed E-state index contributed by atoms with van der Waals surface area (Å²) in [6.45, 7) is 9.49. The molecule has 13 heteroatoms. The van der Waals surface area contributed by atoms with E-state index >= 15 is 0 Å². The van der Waals surface area contributed by atoms with Crippen LogP contribution in [0.3, 0.4) is 0 Å². The number of para-hydroxylation sites is 2. The molecule has 5 aromatic carbocycles. The van der Waals surface area contributed by atoms with Crippen LogP contribution in [-0.4, -0.2) is 48.2 Å². The number of rotatable bonds is 4. The van der Waals surface area contributed by atoms with Crippen LogP contribution in [0, 0.1) is 0 Å². The molecule has 5 heterocycles. The van der Waals surface area contributed by atoms with Crippen LogP contribution >= 0.6 is 23.2 Å². The van der Waals surface area contributed by atoms with Gasteiger partial charge in [-0.25, -0.2) is 23.1 Å². The summed E-state index contributed by atoms with van der Waals surface area (Å²) in [5, 5.41) is 4.77. The van der Waals surface area contributed by atoms with Gasteiger partial charge >= 0.3 is 0 Å². The summed E-state index contributed by atoms with van der Waals surface area (Å²) >= 11 is 14.4. The van der Waals surface area contributed by atoms with Crippen molar-refractivity contribution in [1.29, 1.82) is 0 Å². The SMILES string of the molecule is CCn1c2ccccc2c2c3c(ccc21)N=c1c(Cl)c2c(c(Cl)c1O3)=Nc1ccc3c(c1O2)c1ccccc1n3C1[N+](CC)(CC)CCCNS1(=O)=O. The molecular formula is C40H35Cl2N6O4S+. The van der Waals surface area contributed by atoms with E-state index < -0.39 is 15.5 Å². The Morgan fingerprint density at radius 3 is 1.89 bits per heavy atom. The van der Waals surface area contributed by atoms with Gasteiger partial charge in [-0.05, 0) is 57.2 Å². The number of nitrogens with one attached hydrogen (secondary N) is 1. The predicted molar refractivity (Wildman–Crippen MR) is 210 cm³/mol. The molecule has 0 aliphatic carbocycles. The van der Waals surface area contributed by atoms with Crippen molar-refractivity contribution >= 4 is 88.2 Å². The van der Waals surface area contributed by atoms with E-state index in [0.29, 0.717) is 63.5 Å². The maximum atomic E-state index is 14.2. The highest BCUT2D eigenvalue weighted by atomic mass is 35.5. The highest BCUT2D eigenvalue weighted by Crippen LogP contribution is 2.51. The molecular weight excluding hydrogens is 731 g/mol. The van der Waals surface area contributed by atoms with Crippen LogP contribution < -0.4 is 24.9 Å². The van der Waals surface area contributed by atoms with E-state index in [9.17, 15) is 8.42 Å². The fourth-order valence-electron chi connectivity index (χ4n) is 8.88. The molecule has 1 fully saturated rings. The molecule has 2 aromatic heterocycles. The number of hydrogen-bond acceptors (Lipinski definition) is 6. The average Bonchev–Trinajstić information content (AvgIpc) is 3.65. The van der Waals surface area contributed by atoms with Gasteiger partial charge in [0.2, 0.25) is 0 Å². The quantitative estimate of drug-likeness (QED) is 0.181. The first-order chi connectivity index (χ1) is 25.7. The number of nitrogens with zero attached hydrogens (tertiary/aromatic N) is 5. The maximum absolute atomic E-state index is 14.2. The molecule has 268 valence electrons. The van der Waals surface area contributed by atoms with Crippen molar-refractivity contribution in [3.63, 3.8) is 0 Å². The lowest BCUT2D eigenvalue weighted by Gasteiger charge is -2.42. The van der Waals surface area contributed by atoms with Crippen LogP contribution in [0.5, 0.6) is 23.0 Å². The van der Waals surface area contributed by atoms with Gasteiger partial charge in [0, 0.05) is 35.8 Å². The Hall–Kier alpha value is -4.65. The molecule has 3 aliphatic rings. The van der Waals surface area contributed by atoms with Gasteiger partial charge in [0.05, 0.1) is 47.0 Å². The normalized spacial score (nSPS) is 18.3. The number of benzene rings is 5. The summed E-state index contributed by atoms with van der Waals surface area (Å²) in [6, 6.07) is 23.9. The summed E-state index contributed by atoms with van der Waals surface area (Å²) in [5.41, 5.74) is 3.94. The van der Waals surface area contributed by atoms with Crippen LogP contribution in [0.2, 0.25) is 10.0 Å². The lowest BCUT2D eigenvalue weighted by atomic mass is 10.1. The van der Waals surface area contributed by atoms with Crippen LogP contribution in [0.4, 0.5) is 11.4 Å². The molecule has 3 aliphatic heterocycles. The molecule has 0 bridgehead atoms. The van der Waals surface area contributed by atoms with Gasteiger partial charge in [0.15, 0.2) is 23.0 Å². The van der Waals surface area contributed by atoms with Gasteiger partial charge in [-0.1, -0.05) is 59.6 Å². The molecule has 0 spiro atoms. The second-order valence-electron chi connectivity index (χ2n) is 13.9. The Labute approximate surface area is 315 Å². The number of aryl methyl sites for hydroxylation is 1. The molecule has 10 rings (SSSR count). The van der Waals surface area contributed by atoms with E-state index in [0.717, 1.165) is 63.1 Å². The molecule has 1 saturated heterocycles. The molecule has 0 saturated carbocycles. The van der Waals surface area contributed by atoms with Gasteiger partial charge < -0.3 is 14.0 Å². The number of hydrogen-bond donors (Lipinski definition) is 1. The van der Waals surface area contributed by atoms with E-state index in [1.807, 2.05) is 59.2 Å². The Morgan fingerprint density at radius 2 is 1.28 bits per heavy atom. The first kappa shape index (κ1) is 33.0. The second-order valence-corrected chi connectivity index (χ2v) is 16.4. The van der Waals surface area contributed by atoms with Crippen molar-refractivity contribution in [2.45, 2.75) is 39.2 Å². The number of ether oxygens (including phenoxy) is 2. The van der Waals surface area contributed by atoms with E-state index in [2.05, 4.69) is 48.3 Å². The largest absolute Gasteiger partial charge is 0.450 e. The highest BCUT2D eigenvalue weighted by Gasteiger charge is 2.48. The zero-order chi connectivity index (χ0) is 36.4. The second kappa shape index (κ2) is 11.7. The van der Waals surface area contributed by atoms with Crippen molar-refractivity contribution in [1.82, 2.24) is 13.9 Å². The summed E-state index contributed by atoms with van der Waals surface area (Å²) in [7, 11) is -3.79. The number of aromatic nitrogens is 2. The van der Waals surface area contributed by atoms with Crippen LogP contribution in [0.15, 0.2) is 82.8 Å². The molecule has 1 unspecified atom stereocenters. The fraction of sp³-hybridized carbons (Fsp3) is 0.250.